The summed E-state index contributed by atoms with van der Waals surface area (Å²) in [5.74, 6) is -1.10. The summed E-state index contributed by atoms with van der Waals surface area (Å²) in [6, 6.07) is 4.26. The number of benzene rings is 1. The van der Waals surface area contributed by atoms with Crippen molar-refractivity contribution in [1.82, 2.24) is 4.72 Å². The molecule has 0 aliphatic heterocycles. The van der Waals surface area contributed by atoms with Crippen LogP contribution < -0.4 is 4.72 Å². The molecule has 0 amide bonds. The number of aryl methyl sites for hydroxylation is 1. The molecule has 5 nitrogen and oxygen atoms in total. The summed E-state index contributed by atoms with van der Waals surface area (Å²) in [5, 5.41) is 9.14. The van der Waals surface area contributed by atoms with Crippen molar-refractivity contribution in [2.24, 2.45) is 5.41 Å². The summed E-state index contributed by atoms with van der Waals surface area (Å²) >= 11 is 0. The van der Waals surface area contributed by atoms with Crippen LogP contribution in [0.1, 0.15) is 42.6 Å². The molecule has 0 atom stereocenters. The van der Waals surface area contributed by atoms with Crippen LogP contribution in [0.2, 0.25) is 0 Å². The van der Waals surface area contributed by atoms with Gasteiger partial charge in [0, 0.05) is 6.54 Å². The van der Waals surface area contributed by atoms with Gasteiger partial charge < -0.3 is 5.11 Å². The van der Waals surface area contributed by atoms with E-state index in [4.69, 9.17) is 5.11 Å². The number of hydrogen-bond donors (Lipinski definition) is 2. The molecular formula is C14H19NO4S. The van der Waals surface area contributed by atoms with Gasteiger partial charge in [0.05, 0.1) is 10.5 Å². The normalized spacial score (nSPS) is 16.9. The Labute approximate surface area is 119 Å². The Bertz CT molecular complexity index is 633. The summed E-state index contributed by atoms with van der Waals surface area (Å²) in [4.78, 5) is 11.2. The molecule has 1 aromatic carbocycles. The third kappa shape index (κ3) is 3.19. The first-order chi connectivity index (χ1) is 9.27. The maximum Gasteiger partial charge on any atom is 0.336 e. The van der Waals surface area contributed by atoms with Crippen LogP contribution in [-0.2, 0) is 16.4 Å². The number of hydrogen-bond acceptors (Lipinski definition) is 3. The van der Waals surface area contributed by atoms with Crippen LogP contribution in [0.25, 0.3) is 0 Å². The number of aromatic carboxylic acids is 1. The second-order valence-corrected chi connectivity index (χ2v) is 7.38. The Balaban J connectivity index is 2.27. The molecule has 0 aromatic heterocycles. The van der Waals surface area contributed by atoms with E-state index in [2.05, 4.69) is 4.72 Å². The van der Waals surface area contributed by atoms with Crippen LogP contribution in [0.15, 0.2) is 23.1 Å². The van der Waals surface area contributed by atoms with Crippen LogP contribution in [0, 0.1) is 5.41 Å². The summed E-state index contributed by atoms with van der Waals surface area (Å²) in [5.41, 5.74) is 0.741. The molecule has 2 rings (SSSR count). The first-order valence-corrected chi connectivity index (χ1v) is 8.12. The van der Waals surface area contributed by atoms with Gasteiger partial charge >= 0.3 is 5.97 Å². The van der Waals surface area contributed by atoms with Crippen molar-refractivity contribution >= 4 is 16.0 Å². The molecule has 6 heteroatoms. The Morgan fingerprint density at radius 2 is 2.05 bits per heavy atom. The molecule has 1 aromatic rings. The molecular weight excluding hydrogens is 278 g/mol. The summed E-state index contributed by atoms with van der Waals surface area (Å²) in [7, 11) is -3.65. The van der Waals surface area contributed by atoms with Crippen molar-refractivity contribution in [3.05, 3.63) is 29.3 Å². The molecule has 0 heterocycles. The lowest BCUT2D eigenvalue weighted by Crippen LogP contribution is -2.29. The highest BCUT2D eigenvalue weighted by Gasteiger charge is 2.38. The summed E-state index contributed by atoms with van der Waals surface area (Å²) in [6.07, 6.45) is 2.59. The van der Waals surface area contributed by atoms with Gasteiger partial charge in [0.15, 0.2) is 0 Å². The molecule has 1 aliphatic rings. The molecule has 1 fully saturated rings. The lowest BCUT2D eigenvalue weighted by atomic mass is 10.1. The van der Waals surface area contributed by atoms with Gasteiger partial charge in [-0.25, -0.2) is 17.9 Å². The maximum atomic E-state index is 12.2. The fourth-order valence-corrected chi connectivity index (χ4v) is 3.20. The Kier molecular flexibility index (Phi) is 3.88. The average Bonchev–Trinajstić information content (AvgIpc) is 3.14. The number of carboxylic acids is 1. The highest BCUT2D eigenvalue weighted by atomic mass is 32.2. The number of rotatable bonds is 6. The van der Waals surface area contributed by atoms with E-state index >= 15 is 0 Å². The van der Waals surface area contributed by atoms with Gasteiger partial charge in [-0.05, 0) is 42.4 Å². The third-order valence-electron chi connectivity index (χ3n) is 3.80. The average molecular weight is 297 g/mol. The maximum absolute atomic E-state index is 12.2. The van der Waals surface area contributed by atoms with Crippen LogP contribution in [0.3, 0.4) is 0 Å². The van der Waals surface area contributed by atoms with Crippen LogP contribution >= 0.6 is 0 Å². The standard InChI is InChI=1S/C14H19NO4S/c1-3-10-4-5-11(8-12(10)13(16)17)20(18,19)15-9-14(2)6-7-14/h4-5,8,15H,3,6-7,9H2,1-2H3,(H,16,17). The quantitative estimate of drug-likeness (QED) is 0.841. The van der Waals surface area contributed by atoms with Gasteiger partial charge in [0.1, 0.15) is 0 Å². The smallest absolute Gasteiger partial charge is 0.336 e. The van der Waals surface area contributed by atoms with E-state index in [9.17, 15) is 13.2 Å². The van der Waals surface area contributed by atoms with E-state index in [0.717, 1.165) is 12.8 Å². The minimum Gasteiger partial charge on any atom is -0.478 e. The summed E-state index contributed by atoms with van der Waals surface area (Å²) in [6.45, 7) is 4.26. The first kappa shape index (κ1) is 15.0. The largest absolute Gasteiger partial charge is 0.478 e. The summed E-state index contributed by atoms with van der Waals surface area (Å²) < 4.78 is 26.9. The van der Waals surface area contributed by atoms with Gasteiger partial charge in [0.25, 0.3) is 0 Å². The van der Waals surface area contributed by atoms with Crippen molar-refractivity contribution in [2.45, 2.75) is 38.0 Å². The SMILES string of the molecule is CCc1ccc(S(=O)(=O)NCC2(C)CC2)cc1C(=O)O. The van der Waals surface area contributed by atoms with E-state index in [1.54, 1.807) is 6.07 Å². The molecule has 1 aliphatic carbocycles. The molecule has 2 N–H and O–H groups in total. The molecule has 0 saturated heterocycles. The molecule has 0 radical (unpaired) electrons. The fraction of sp³-hybridized carbons (Fsp3) is 0.500. The Hall–Kier alpha value is -1.40. The number of carbonyl (C=O) groups is 1. The van der Waals surface area contributed by atoms with Crippen molar-refractivity contribution in [3.8, 4) is 0 Å². The van der Waals surface area contributed by atoms with Crippen molar-refractivity contribution in [1.29, 1.82) is 0 Å². The number of nitrogens with one attached hydrogen (secondary N) is 1. The van der Waals surface area contributed by atoms with Crippen molar-refractivity contribution in [2.75, 3.05) is 6.54 Å². The van der Waals surface area contributed by atoms with Gasteiger partial charge in [-0.1, -0.05) is 19.9 Å². The zero-order valence-electron chi connectivity index (χ0n) is 11.6. The second-order valence-electron chi connectivity index (χ2n) is 5.61. The highest BCUT2D eigenvalue weighted by molar-refractivity contribution is 7.89. The molecule has 0 spiro atoms. The van der Waals surface area contributed by atoms with E-state index in [1.165, 1.54) is 12.1 Å². The fourth-order valence-electron chi connectivity index (χ4n) is 1.97. The van der Waals surface area contributed by atoms with Crippen molar-refractivity contribution in [3.63, 3.8) is 0 Å². The topological polar surface area (TPSA) is 83.5 Å². The second kappa shape index (κ2) is 5.18. The predicted octanol–water partition coefficient (Wildman–Crippen LogP) is 2.03. The first-order valence-electron chi connectivity index (χ1n) is 6.63. The van der Waals surface area contributed by atoms with Gasteiger partial charge in [-0.15, -0.1) is 0 Å². The number of carboxylic acid groups (broad SMARTS) is 1. The minimum atomic E-state index is -3.65. The molecule has 1 saturated carbocycles. The minimum absolute atomic E-state index is 0.0105. The molecule has 110 valence electrons. The zero-order chi connectivity index (χ0) is 15.0. The van der Waals surface area contributed by atoms with E-state index in [0.29, 0.717) is 18.5 Å². The monoisotopic (exact) mass is 297 g/mol. The van der Waals surface area contributed by atoms with Crippen LogP contribution in [0.5, 0.6) is 0 Å². The van der Waals surface area contributed by atoms with Crippen LogP contribution in [0.4, 0.5) is 0 Å². The van der Waals surface area contributed by atoms with Gasteiger partial charge in [-0.3, -0.25) is 0 Å². The van der Waals surface area contributed by atoms with Gasteiger partial charge in [-0.2, -0.15) is 0 Å². The Morgan fingerprint density at radius 1 is 1.40 bits per heavy atom. The molecule has 20 heavy (non-hydrogen) atoms. The van der Waals surface area contributed by atoms with E-state index < -0.39 is 16.0 Å². The van der Waals surface area contributed by atoms with E-state index in [1.807, 2.05) is 13.8 Å². The van der Waals surface area contributed by atoms with Crippen LogP contribution in [-0.4, -0.2) is 26.0 Å². The predicted molar refractivity (Wildman–Crippen MR) is 75.3 cm³/mol. The molecule has 0 bridgehead atoms. The lowest BCUT2D eigenvalue weighted by Gasteiger charge is -2.12. The van der Waals surface area contributed by atoms with Gasteiger partial charge in [0.2, 0.25) is 10.0 Å². The number of sulfonamides is 1. The molecule has 0 unspecified atom stereocenters. The Morgan fingerprint density at radius 3 is 2.55 bits per heavy atom. The lowest BCUT2D eigenvalue weighted by molar-refractivity contribution is 0.0695. The van der Waals surface area contributed by atoms with Crippen molar-refractivity contribution < 1.29 is 18.3 Å². The highest BCUT2D eigenvalue weighted by Crippen LogP contribution is 2.44. The third-order valence-corrected chi connectivity index (χ3v) is 5.19. The zero-order valence-corrected chi connectivity index (χ0v) is 12.5. The van der Waals surface area contributed by atoms with E-state index in [-0.39, 0.29) is 15.9 Å².